The van der Waals surface area contributed by atoms with Crippen molar-refractivity contribution in [3.63, 3.8) is 0 Å². The summed E-state index contributed by atoms with van der Waals surface area (Å²) in [6.07, 6.45) is 2.19. The molecule has 3 rings (SSSR count). The van der Waals surface area contributed by atoms with Crippen LogP contribution in [0.2, 0.25) is 0 Å². The number of hydrogen-bond acceptors (Lipinski definition) is 3. The molecule has 0 radical (unpaired) electrons. The Morgan fingerprint density at radius 3 is 2.94 bits per heavy atom. The quantitative estimate of drug-likeness (QED) is 0.489. The summed E-state index contributed by atoms with van der Waals surface area (Å²) >= 11 is 0. The molecule has 0 aromatic carbocycles. The van der Waals surface area contributed by atoms with Gasteiger partial charge in [-0.2, -0.15) is 0 Å². The third kappa shape index (κ3) is 0.956. The van der Waals surface area contributed by atoms with Crippen LogP contribution in [-0.4, -0.2) is 40.7 Å². The van der Waals surface area contributed by atoms with E-state index in [1.807, 2.05) is 6.08 Å². The van der Waals surface area contributed by atoms with Gasteiger partial charge in [-0.15, -0.1) is 0 Å². The van der Waals surface area contributed by atoms with Crippen LogP contribution < -0.4 is 0 Å². The van der Waals surface area contributed by atoms with Gasteiger partial charge < -0.3 is 4.74 Å². The van der Waals surface area contributed by atoms with Gasteiger partial charge in [0, 0.05) is 5.92 Å². The SMILES string of the molecule is CCOC(=O)N1[C@@H]2C=C(C)[C@@H]2[C@H]2CC(=O)N21. The van der Waals surface area contributed by atoms with Crippen molar-refractivity contribution in [1.29, 1.82) is 0 Å². The van der Waals surface area contributed by atoms with Crippen LogP contribution in [0.25, 0.3) is 0 Å². The molecule has 5 nitrogen and oxygen atoms in total. The molecule has 16 heavy (non-hydrogen) atoms. The predicted octanol–water partition coefficient (Wildman–Crippen LogP) is 0.919. The minimum absolute atomic E-state index is 0.0219. The topological polar surface area (TPSA) is 49.9 Å². The van der Waals surface area contributed by atoms with Gasteiger partial charge in [0.1, 0.15) is 0 Å². The molecule has 3 aliphatic rings. The molecule has 0 spiro atoms. The average Bonchev–Trinajstić information content (AvgIpc) is 2.42. The fourth-order valence-corrected chi connectivity index (χ4v) is 2.92. The number of β-lactam (4-membered cyclic amide) rings is 1. The first kappa shape index (κ1) is 9.69. The van der Waals surface area contributed by atoms with Gasteiger partial charge >= 0.3 is 6.09 Å². The second-order valence-corrected chi connectivity index (χ2v) is 4.48. The van der Waals surface area contributed by atoms with Crippen LogP contribution in [0.5, 0.6) is 0 Å². The first-order chi connectivity index (χ1) is 7.65. The van der Waals surface area contributed by atoms with Crippen molar-refractivity contribution < 1.29 is 14.3 Å². The summed E-state index contributed by atoms with van der Waals surface area (Å²) in [7, 11) is 0. The molecule has 86 valence electrons. The molecule has 2 fully saturated rings. The molecule has 2 aliphatic heterocycles. The Labute approximate surface area is 93.6 Å². The van der Waals surface area contributed by atoms with E-state index in [1.54, 1.807) is 11.9 Å². The van der Waals surface area contributed by atoms with E-state index in [2.05, 4.69) is 6.92 Å². The van der Waals surface area contributed by atoms with Gasteiger partial charge in [-0.25, -0.2) is 14.8 Å². The van der Waals surface area contributed by atoms with E-state index >= 15 is 0 Å². The second-order valence-electron chi connectivity index (χ2n) is 4.48. The highest BCUT2D eigenvalue weighted by Crippen LogP contribution is 2.49. The monoisotopic (exact) mass is 222 g/mol. The lowest BCUT2D eigenvalue weighted by Gasteiger charge is -2.39. The molecule has 0 bridgehead atoms. The highest BCUT2D eigenvalue weighted by atomic mass is 16.6. The molecule has 0 aromatic heterocycles. The van der Waals surface area contributed by atoms with E-state index in [-0.39, 0.29) is 18.0 Å². The van der Waals surface area contributed by atoms with E-state index in [0.717, 1.165) is 0 Å². The zero-order valence-electron chi connectivity index (χ0n) is 9.34. The Morgan fingerprint density at radius 1 is 1.62 bits per heavy atom. The van der Waals surface area contributed by atoms with Crippen molar-refractivity contribution in [3.05, 3.63) is 11.6 Å². The number of hydrogen-bond donors (Lipinski definition) is 0. The van der Waals surface area contributed by atoms with Crippen LogP contribution in [0, 0.1) is 5.92 Å². The average molecular weight is 222 g/mol. The first-order valence-corrected chi connectivity index (χ1v) is 5.61. The molecule has 2 amide bonds. The summed E-state index contributed by atoms with van der Waals surface area (Å²) in [6.45, 7) is 4.15. The molecule has 3 atom stereocenters. The molecule has 5 heteroatoms. The molecular weight excluding hydrogens is 208 g/mol. The minimum atomic E-state index is -0.406. The number of fused-ring (bicyclic) bond motifs is 3. The molecule has 0 saturated carbocycles. The summed E-state index contributed by atoms with van der Waals surface area (Å²) in [5, 5.41) is 3.05. The minimum Gasteiger partial charge on any atom is -0.448 e. The van der Waals surface area contributed by atoms with Crippen LogP contribution in [0.4, 0.5) is 4.79 Å². The van der Waals surface area contributed by atoms with E-state index < -0.39 is 6.09 Å². The number of carbonyl (C=O) groups is 2. The van der Waals surface area contributed by atoms with Gasteiger partial charge in [-0.05, 0) is 13.8 Å². The number of rotatable bonds is 1. The summed E-state index contributed by atoms with van der Waals surface area (Å²) in [5.74, 6) is 0.357. The van der Waals surface area contributed by atoms with E-state index in [1.165, 1.54) is 10.6 Å². The van der Waals surface area contributed by atoms with Crippen LogP contribution in [0.15, 0.2) is 11.6 Å². The van der Waals surface area contributed by atoms with Crippen LogP contribution in [0.1, 0.15) is 20.3 Å². The fraction of sp³-hybridized carbons (Fsp3) is 0.636. The van der Waals surface area contributed by atoms with Gasteiger partial charge in [0.15, 0.2) is 0 Å². The number of ether oxygens (including phenoxy) is 1. The number of hydrazine groups is 1. The Hall–Kier alpha value is -1.52. The number of amides is 2. The summed E-state index contributed by atoms with van der Waals surface area (Å²) in [6, 6.07) is 0.224. The van der Waals surface area contributed by atoms with Crippen molar-refractivity contribution in [2.24, 2.45) is 5.92 Å². The van der Waals surface area contributed by atoms with Crippen LogP contribution >= 0.6 is 0 Å². The van der Waals surface area contributed by atoms with Crippen molar-refractivity contribution in [3.8, 4) is 0 Å². The van der Waals surface area contributed by atoms with Crippen molar-refractivity contribution in [1.82, 2.24) is 10.0 Å². The Kier molecular flexibility index (Phi) is 1.81. The van der Waals surface area contributed by atoms with Gasteiger partial charge in [-0.1, -0.05) is 11.6 Å². The molecular formula is C11H14N2O3. The molecule has 2 saturated heterocycles. The predicted molar refractivity (Wildman–Crippen MR) is 55.1 cm³/mol. The third-order valence-electron chi connectivity index (χ3n) is 3.66. The maximum absolute atomic E-state index is 11.8. The van der Waals surface area contributed by atoms with E-state index in [0.29, 0.717) is 18.9 Å². The summed E-state index contributed by atoms with van der Waals surface area (Å²) in [5.41, 5.74) is 1.28. The zero-order chi connectivity index (χ0) is 11.4. The highest BCUT2D eigenvalue weighted by Gasteiger charge is 2.61. The summed E-state index contributed by atoms with van der Waals surface area (Å²) < 4.78 is 4.98. The van der Waals surface area contributed by atoms with Gasteiger partial charge in [0.05, 0.1) is 25.1 Å². The summed E-state index contributed by atoms with van der Waals surface area (Å²) in [4.78, 5) is 23.3. The lowest BCUT2D eigenvalue weighted by Crippen LogP contribution is -2.57. The van der Waals surface area contributed by atoms with E-state index in [9.17, 15) is 9.59 Å². The van der Waals surface area contributed by atoms with Crippen molar-refractivity contribution in [2.45, 2.75) is 32.4 Å². The third-order valence-corrected chi connectivity index (χ3v) is 3.66. The van der Waals surface area contributed by atoms with Crippen LogP contribution in [-0.2, 0) is 9.53 Å². The standard InChI is InChI=1S/C11H14N2O3/c1-3-16-11(15)13-7-4-6(2)10(7)8-5-9(14)12(8)13/h4,7-8,10H,3,5H2,1-2H3/t7-,8-,10+/m1/s1. The molecule has 0 unspecified atom stereocenters. The van der Waals surface area contributed by atoms with Gasteiger partial charge in [-0.3, -0.25) is 4.79 Å². The maximum Gasteiger partial charge on any atom is 0.429 e. The highest BCUT2D eigenvalue weighted by molar-refractivity contribution is 5.87. The lowest BCUT2D eigenvalue weighted by atomic mass is 9.75. The number of carbonyl (C=O) groups excluding carboxylic acids is 2. The largest absolute Gasteiger partial charge is 0.448 e. The second kappa shape index (κ2) is 2.99. The Balaban J connectivity index is 1.87. The number of nitrogens with zero attached hydrogens (tertiary/aromatic N) is 2. The van der Waals surface area contributed by atoms with Crippen molar-refractivity contribution in [2.75, 3.05) is 6.61 Å². The van der Waals surface area contributed by atoms with Gasteiger partial charge in [0.2, 0.25) is 5.91 Å². The molecule has 0 N–H and O–H groups in total. The smallest absolute Gasteiger partial charge is 0.429 e. The Morgan fingerprint density at radius 2 is 2.38 bits per heavy atom. The molecule has 0 aromatic rings. The van der Waals surface area contributed by atoms with E-state index in [4.69, 9.17) is 4.74 Å². The maximum atomic E-state index is 11.8. The van der Waals surface area contributed by atoms with Crippen molar-refractivity contribution >= 4 is 12.0 Å². The Bertz CT molecular complexity index is 404. The van der Waals surface area contributed by atoms with Gasteiger partial charge in [0.25, 0.3) is 0 Å². The fourth-order valence-electron chi connectivity index (χ4n) is 2.92. The normalized spacial score (nSPS) is 34.8. The molecule has 2 heterocycles. The van der Waals surface area contributed by atoms with Crippen LogP contribution in [0.3, 0.4) is 0 Å². The zero-order valence-corrected chi connectivity index (χ0v) is 9.34. The first-order valence-electron chi connectivity index (χ1n) is 5.61. The molecule has 1 aliphatic carbocycles. The lowest BCUT2D eigenvalue weighted by molar-refractivity contribution is -0.161.